The molecule has 0 radical (unpaired) electrons. The van der Waals surface area contributed by atoms with Gasteiger partial charge in [-0.05, 0) is 60.7 Å². The van der Waals surface area contributed by atoms with Gasteiger partial charge in [0.25, 0.3) is 20.0 Å². The summed E-state index contributed by atoms with van der Waals surface area (Å²) in [6.45, 7) is 2.65. The largest absolute Gasteiger partial charge is 0.326 e. The van der Waals surface area contributed by atoms with E-state index in [-0.39, 0.29) is 32.6 Å². The second kappa shape index (κ2) is 9.43. The number of nitrogens with one attached hydrogen (secondary N) is 3. The lowest BCUT2D eigenvalue weighted by atomic mass is 10.3. The van der Waals surface area contributed by atoms with Crippen molar-refractivity contribution in [1.29, 1.82) is 0 Å². The van der Waals surface area contributed by atoms with E-state index in [0.717, 1.165) is 3.97 Å². The zero-order chi connectivity index (χ0) is 26.1. The minimum absolute atomic E-state index is 0.139. The first-order chi connectivity index (χ1) is 17.0. The highest BCUT2D eigenvalue weighted by atomic mass is 32.2. The van der Waals surface area contributed by atoms with Crippen molar-refractivity contribution in [2.45, 2.75) is 23.6 Å². The van der Waals surface area contributed by atoms with Gasteiger partial charge in [-0.1, -0.05) is 12.1 Å². The summed E-state index contributed by atoms with van der Waals surface area (Å²) >= 11 is 0. The number of hydrogen-bond acceptors (Lipinski definition) is 7. The van der Waals surface area contributed by atoms with Gasteiger partial charge < -0.3 is 10.6 Å². The smallest absolute Gasteiger partial charge is 0.271 e. The molecule has 0 bridgehead atoms. The maximum atomic E-state index is 13.6. The SMILES string of the molecule is CC(=O)Nc1ccc(S(=O)(=O)Nc2nc3ccccc3n2S(=O)(=O)c2ccc(NC(C)=O)cc2)cc1. The highest BCUT2D eigenvalue weighted by Crippen LogP contribution is 2.28. The number of benzene rings is 3. The molecule has 0 saturated heterocycles. The number of hydrogen-bond donors (Lipinski definition) is 3. The Morgan fingerprint density at radius 2 is 1.22 bits per heavy atom. The molecule has 0 saturated carbocycles. The number of nitrogens with zero attached hydrogens (tertiary/aromatic N) is 2. The standard InChI is InChI=1S/C23H21N5O6S2/c1-15(29)24-17-7-11-19(12-8-17)35(31,32)27-23-26-21-5-3-4-6-22(21)28(23)36(33,34)20-13-9-18(10-14-20)25-16(2)30/h3-14H,1-2H3,(H,24,29)(H,25,30)(H,26,27). The normalized spacial score (nSPS) is 11.7. The number of rotatable bonds is 7. The quantitative estimate of drug-likeness (QED) is 0.333. The van der Waals surface area contributed by atoms with Crippen LogP contribution in [0.5, 0.6) is 0 Å². The van der Waals surface area contributed by atoms with Gasteiger partial charge in [0.1, 0.15) is 0 Å². The summed E-state index contributed by atoms with van der Waals surface area (Å²) in [5.41, 5.74) is 1.23. The molecule has 4 rings (SSSR count). The van der Waals surface area contributed by atoms with Gasteiger partial charge in [0.05, 0.1) is 20.8 Å². The van der Waals surface area contributed by atoms with Gasteiger partial charge >= 0.3 is 0 Å². The Balaban J connectivity index is 1.76. The van der Waals surface area contributed by atoms with Crippen LogP contribution in [0.15, 0.2) is 82.6 Å². The summed E-state index contributed by atoms with van der Waals surface area (Å²) in [5.74, 6) is -1.05. The number of aromatic nitrogens is 2. The fourth-order valence-electron chi connectivity index (χ4n) is 3.43. The van der Waals surface area contributed by atoms with Crippen LogP contribution in [0.25, 0.3) is 11.0 Å². The third kappa shape index (κ3) is 5.06. The van der Waals surface area contributed by atoms with E-state index < -0.39 is 26.0 Å². The van der Waals surface area contributed by atoms with Crippen molar-refractivity contribution in [3.63, 3.8) is 0 Å². The number of carbonyl (C=O) groups excluding carboxylic acids is 2. The summed E-state index contributed by atoms with van der Waals surface area (Å²) in [7, 11) is -8.56. The molecule has 3 N–H and O–H groups in total. The second-order valence-electron chi connectivity index (χ2n) is 7.71. The van der Waals surface area contributed by atoms with Crippen LogP contribution in [0.1, 0.15) is 13.8 Å². The molecule has 4 aromatic rings. The maximum absolute atomic E-state index is 13.6. The zero-order valence-corrected chi connectivity index (χ0v) is 20.7. The first-order valence-corrected chi connectivity index (χ1v) is 13.4. The summed E-state index contributed by atoms with van der Waals surface area (Å²) < 4.78 is 56.4. The first kappa shape index (κ1) is 24.9. The number of amides is 2. The van der Waals surface area contributed by atoms with Crippen molar-refractivity contribution in [3.8, 4) is 0 Å². The van der Waals surface area contributed by atoms with Gasteiger partial charge in [-0.25, -0.2) is 26.5 Å². The van der Waals surface area contributed by atoms with E-state index in [4.69, 9.17) is 0 Å². The molecular formula is C23H21N5O6S2. The third-order valence-corrected chi connectivity index (χ3v) is 8.01. The molecule has 0 fully saturated rings. The van der Waals surface area contributed by atoms with Crippen molar-refractivity contribution >= 4 is 60.2 Å². The van der Waals surface area contributed by atoms with E-state index >= 15 is 0 Å². The highest BCUT2D eigenvalue weighted by Gasteiger charge is 2.27. The number of sulfonamides is 1. The average Bonchev–Trinajstić information content (AvgIpc) is 3.17. The molecule has 0 aliphatic rings. The topological polar surface area (TPSA) is 156 Å². The molecule has 186 valence electrons. The van der Waals surface area contributed by atoms with Crippen molar-refractivity contribution in [2.75, 3.05) is 15.4 Å². The maximum Gasteiger partial charge on any atom is 0.271 e. The molecule has 11 nitrogen and oxygen atoms in total. The molecule has 2 amide bonds. The molecule has 1 aromatic heterocycles. The van der Waals surface area contributed by atoms with Crippen molar-refractivity contribution in [2.24, 2.45) is 0 Å². The average molecular weight is 528 g/mol. The predicted molar refractivity (Wildman–Crippen MR) is 135 cm³/mol. The Labute approximate surface area is 207 Å². The molecule has 13 heteroatoms. The monoisotopic (exact) mass is 527 g/mol. The fraction of sp³-hybridized carbons (Fsp3) is 0.0870. The molecule has 0 atom stereocenters. The van der Waals surface area contributed by atoms with Gasteiger partial charge in [0.15, 0.2) is 0 Å². The summed E-state index contributed by atoms with van der Waals surface area (Å²) in [6.07, 6.45) is 0. The van der Waals surface area contributed by atoms with Crippen LogP contribution in [0, 0.1) is 0 Å². The lowest BCUT2D eigenvalue weighted by Crippen LogP contribution is -2.21. The van der Waals surface area contributed by atoms with Gasteiger partial charge in [0, 0.05) is 25.2 Å². The van der Waals surface area contributed by atoms with Crippen LogP contribution in [-0.4, -0.2) is 37.6 Å². The fourth-order valence-corrected chi connectivity index (χ4v) is 5.90. The van der Waals surface area contributed by atoms with E-state index in [9.17, 15) is 26.4 Å². The molecule has 0 unspecified atom stereocenters. The number of carbonyl (C=O) groups is 2. The van der Waals surface area contributed by atoms with E-state index in [1.807, 2.05) is 0 Å². The lowest BCUT2D eigenvalue weighted by Gasteiger charge is -2.13. The Morgan fingerprint density at radius 1 is 0.722 bits per heavy atom. The molecule has 0 spiro atoms. The van der Waals surface area contributed by atoms with Crippen molar-refractivity contribution < 1.29 is 26.4 Å². The zero-order valence-electron chi connectivity index (χ0n) is 19.1. The summed E-state index contributed by atoms with van der Waals surface area (Å²) in [6, 6.07) is 17.1. The molecule has 36 heavy (non-hydrogen) atoms. The molecule has 1 heterocycles. The second-order valence-corrected chi connectivity index (χ2v) is 11.2. The Bertz CT molecular complexity index is 1680. The van der Waals surface area contributed by atoms with Crippen LogP contribution in [0.4, 0.5) is 17.3 Å². The van der Waals surface area contributed by atoms with Crippen LogP contribution >= 0.6 is 0 Å². The highest BCUT2D eigenvalue weighted by molar-refractivity contribution is 7.93. The number of anilines is 3. The Kier molecular flexibility index (Phi) is 6.52. The van der Waals surface area contributed by atoms with Crippen LogP contribution in [-0.2, 0) is 29.6 Å². The molecule has 0 aliphatic heterocycles. The van der Waals surface area contributed by atoms with Crippen LogP contribution in [0.3, 0.4) is 0 Å². The number of para-hydroxylation sites is 2. The summed E-state index contributed by atoms with van der Waals surface area (Å²) in [4.78, 5) is 26.4. The first-order valence-electron chi connectivity index (χ1n) is 10.5. The third-order valence-electron chi connectivity index (χ3n) is 4.94. The molecule has 0 aliphatic carbocycles. The lowest BCUT2D eigenvalue weighted by molar-refractivity contribution is -0.115. The van der Waals surface area contributed by atoms with E-state index in [0.29, 0.717) is 11.4 Å². The van der Waals surface area contributed by atoms with Crippen molar-refractivity contribution in [3.05, 3.63) is 72.8 Å². The molecular weight excluding hydrogens is 506 g/mol. The van der Waals surface area contributed by atoms with E-state index in [1.165, 1.54) is 68.4 Å². The van der Waals surface area contributed by atoms with E-state index in [1.54, 1.807) is 18.2 Å². The number of imidazole rings is 1. The Hall–Kier alpha value is -4.23. The number of fused-ring (bicyclic) bond motifs is 1. The van der Waals surface area contributed by atoms with Gasteiger partial charge in [0.2, 0.25) is 17.8 Å². The van der Waals surface area contributed by atoms with Crippen LogP contribution in [0.2, 0.25) is 0 Å². The predicted octanol–water partition coefficient (Wildman–Crippen LogP) is 2.99. The van der Waals surface area contributed by atoms with Gasteiger partial charge in [-0.2, -0.15) is 3.97 Å². The van der Waals surface area contributed by atoms with Crippen LogP contribution < -0.4 is 15.4 Å². The summed E-state index contributed by atoms with van der Waals surface area (Å²) in [5, 5.41) is 5.09. The van der Waals surface area contributed by atoms with Gasteiger partial charge in [-0.3, -0.25) is 9.59 Å². The molecule has 3 aromatic carbocycles. The minimum Gasteiger partial charge on any atom is -0.326 e. The minimum atomic E-state index is -4.31. The Morgan fingerprint density at radius 3 is 1.75 bits per heavy atom. The van der Waals surface area contributed by atoms with Gasteiger partial charge in [-0.15, -0.1) is 0 Å². The van der Waals surface area contributed by atoms with Crippen molar-refractivity contribution in [1.82, 2.24) is 8.96 Å². The van der Waals surface area contributed by atoms with E-state index in [2.05, 4.69) is 20.3 Å².